The highest BCUT2D eigenvalue weighted by Gasteiger charge is 2.12. The van der Waals surface area contributed by atoms with Crippen LogP contribution in [0.25, 0.3) is 33.2 Å². The molecule has 4 rings (SSSR count). The standard InChI is InChI=1S/C19H17N5O/c1-2-21-10-11-3-6-15-13(7-11)9-17(22-15)18-14-5-4-12(19(20)25)8-16(14)23-24-18/h1,3-9,21-22H,2,10H2,(H2,20,25)(H,23,24). The smallest absolute Gasteiger partial charge is 0.248 e. The summed E-state index contributed by atoms with van der Waals surface area (Å²) in [6.45, 7) is 6.66. The molecule has 0 unspecified atom stereocenters. The average molecular weight is 331 g/mol. The summed E-state index contributed by atoms with van der Waals surface area (Å²) >= 11 is 0. The van der Waals surface area contributed by atoms with Gasteiger partial charge < -0.3 is 16.0 Å². The molecule has 1 amide bonds. The van der Waals surface area contributed by atoms with Gasteiger partial charge in [-0.25, -0.2) is 0 Å². The molecule has 0 aliphatic rings. The van der Waals surface area contributed by atoms with E-state index in [1.165, 1.54) is 5.56 Å². The van der Waals surface area contributed by atoms with Crippen LogP contribution in [0.2, 0.25) is 0 Å². The first-order chi connectivity index (χ1) is 12.2. The summed E-state index contributed by atoms with van der Waals surface area (Å²) in [6.07, 6.45) is 0. The van der Waals surface area contributed by atoms with Gasteiger partial charge in [0, 0.05) is 28.4 Å². The second-order valence-corrected chi connectivity index (χ2v) is 5.93. The molecule has 0 aliphatic carbocycles. The van der Waals surface area contributed by atoms with E-state index in [9.17, 15) is 4.79 Å². The molecular weight excluding hydrogens is 314 g/mol. The third kappa shape index (κ3) is 2.77. The van der Waals surface area contributed by atoms with E-state index in [4.69, 9.17) is 12.7 Å². The molecule has 124 valence electrons. The van der Waals surface area contributed by atoms with Gasteiger partial charge in [0.1, 0.15) is 5.69 Å². The van der Waals surface area contributed by atoms with Gasteiger partial charge >= 0.3 is 0 Å². The van der Waals surface area contributed by atoms with Crippen LogP contribution < -0.4 is 11.1 Å². The molecular formula is C19H17N5O. The minimum atomic E-state index is -0.456. The Kier molecular flexibility index (Phi) is 3.74. The number of aromatic nitrogens is 3. The number of fused-ring (bicyclic) bond motifs is 2. The molecule has 0 bridgehead atoms. The zero-order valence-corrected chi connectivity index (χ0v) is 13.5. The molecule has 5 N–H and O–H groups in total. The van der Waals surface area contributed by atoms with Crippen LogP contribution >= 0.6 is 0 Å². The van der Waals surface area contributed by atoms with Crippen LogP contribution in [0.5, 0.6) is 0 Å². The minimum absolute atomic E-state index is 0.447. The van der Waals surface area contributed by atoms with Crippen molar-refractivity contribution in [2.24, 2.45) is 5.73 Å². The Balaban J connectivity index is 1.76. The van der Waals surface area contributed by atoms with Gasteiger partial charge in [-0.3, -0.25) is 9.89 Å². The molecule has 6 heteroatoms. The van der Waals surface area contributed by atoms with Gasteiger partial charge in [-0.1, -0.05) is 6.07 Å². The molecule has 25 heavy (non-hydrogen) atoms. The highest BCUT2D eigenvalue weighted by atomic mass is 16.1. The van der Waals surface area contributed by atoms with Crippen molar-refractivity contribution in [2.75, 3.05) is 6.54 Å². The van der Waals surface area contributed by atoms with Crippen molar-refractivity contribution in [1.82, 2.24) is 20.5 Å². The molecule has 4 aromatic rings. The molecule has 2 aromatic heterocycles. The van der Waals surface area contributed by atoms with Crippen LogP contribution in [0, 0.1) is 6.92 Å². The zero-order valence-electron chi connectivity index (χ0n) is 13.5. The van der Waals surface area contributed by atoms with Gasteiger partial charge in [-0.2, -0.15) is 5.10 Å². The van der Waals surface area contributed by atoms with Gasteiger partial charge in [0.05, 0.1) is 11.2 Å². The molecule has 0 spiro atoms. The normalized spacial score (nSPS) is 11.4. The Morgan fingerprint density at radius 2 is 2.04 bits per heavy atom. The first-order valence-electron chi connectivity index (χ1n) is 7.96. The van der Waals surface area contributed by atoms with E-state index in [1.54, 1.807) is 12.1 Å². The minimum Gasteiger partial charge on any atom is -0.366 e. The predicted octanol–water partition coefficient (Wildman–Crippen LogP) is 2.61. The summed E-state index contributed by atoms with van der Waals surface area (Å²) in [7, 11) is 0. The van der Waals surface area contributed by atoms with E-state index < -0.39 is 5.91 Å². The monoisotopic (exact) mass is 331 g/mol. The summed E-state index contributed by atoms with van der Waals surface area (Å²) in [5, 5.41) is 12.5. The number of rotatable bonds is 5. The van der Waals surface area contributed by atoms with Crippen molar-refractivity contribution < 1.29 is 4.79 Å². The van der Waals surface area contributed by atoms with E-state index in [2.05, 4.69) is 38.7 Å². The molecule has 0 aliphatic heterocycles. The van der Waals surface area contributed by atoms with Crippen LogP contribution in [-0.4, -0.2) is 27.6 Å². The lowest BCUT2D eigenvalue weighted by Gasteiger charge is -2.01. The van der Waals surface area contributed by atoms with Crippen LogP contribution in [0.1, 0.15) is 15.9 Å². The third-order valence-corrected chi connectivity index (χ3v) is 4.26. The van der Waals surface area contributed by atoms with Crippen LogP contribution in [-0.2, 0) is 6.54 Å². The Morgan fingerprint density at radius 1 is 1.16 bits per heavy atom. The van der Waals surface area contributed by atoms with Gasteiger partial charge in [0.2, 0.25) is 5.91 Å². The third-order valence-electron chi connectivity index (χ3n) is 4.26. The summed E-state index contributed by atoms with van der Waals surface area (Å²) in [5.74, 6) is -0.456. The largest absolute Gasteiger partial charge is 0.366 e. The molecule has 2 heterocycles. The van der Waals surface area contributed by atoms with Crippen molar-refractivity contribution in [1.29, 1.82) is 0 Å². The van der Waals surface area contributed by atoms with Gasteiger partial charge in [-0.05, 0) is 55.4 Å². The van der Waals surface area contributed by atoms with Crippen LogP contribution in [0.3, 0.4) is 0 Å². The fourth-order valence-corrected chi connectivity index (χ4v) is 3.01. The number of benzene rings is 2. The molecule has 0 saturated carbocycles. The van der Waals surface area contributed by atoms with Crippen LogP contribution in [0.4, 0.5) is 0 Å². The first kappa shape index (κ1) is 15.4. The molecule has 6 nitrogen and oxygen atoms in total. The number of primary amides is 1. The SMILES string of the molecule is [CH]CNCc1ccc2[nH]c(-c3n[nH]c4cc(C(N)=O)ccc34)cc2c1. The van der Waals surface area contributed by atoms with E-state index >= 15 is 0 Å². The van der Waals surface area contributed by atoms with E-state index in [1.807, 2.05) is 12.1 Å². The lowest BCUT2D eigenvalue weighted by molar-refractivity contribution is 0.100. The first-order valence-corrected chi connectivity index (χ1v) is 7.96. The number of hydrogen-bond donors (Lipinski definition) is 4. The summed E-state index contributed by atoms with van der Waals surface area (Å²) in [6, 6.07) is 13.6. The van der Waals surface area contributed by atoms with E-state index in [-0.39, 0.29) is 0 Å². The fourth-order valence-electron chi connectivity index (χ4n) is 3.01. The summed E-state index contributed by atoms with van der Waals surface area (Å²) in [4.78, 5) is 14.7. The lowest BCUT2D eigenvalue weighted by Crippen LogP contribution is -2.11. The lowest BCUT2D eigenvalue weighted by atomic mass is 10.1. The number of amides is 1. The quantitative estimate of drug-likeness (QED) is 0.452. The maximum absolute atomic E-state index is 11.3. The molecule has 2 radical (unpaired) electrons. The van der Waals surface area contributed by atoms with E-state index in [0.717, 1.165) is 39.7 Å². The van der Waals surface area contributed by atoms with E-state index in [0.29, 0.717) is 12.1 Å². The number of carbonyl (C=O) groups is 1. The van der Waals surface area contributed by atoms with Gasteiger partial charge in [0.15, 0.2) is 0 Å². The topological polar surface area (TPSA) is 99.6 Å². The zero-order chi connectivity index (χ0) is 17.4. The van der Waals surface area contributed by atoms with Crippen molar-refractivity contribution in [3.63, 3.8) is 0 Å². The number of nitrogens with one attached hydrogen (secondary N) is 3. The molecule has 0 fully saturated rings. The van der Waals surface area contributed by atoms with Crippen molar-refractivity contribution in [3.8, 4) is 11.4 Å². The average Bonchev–Trinajstić information content (AvgIpc) is 3.22. The molecule has 0 atom stereocenters. The molecule has 2 aromatic carbocycles. The second-order valence-electron chi connectivity index (χ2n) is 5.93. The molecule has 0 saturated heterocycles. The van der Waals surface area contributed by atoms with Crippen molar-refractivity contribution in [3.05, 3.63) is 60.5 Å². The second kappa shape index (κ2) is 6.07. The van der Waals surface area contributed by atoms with Crippen LogP contribution in [0.15, 0.2) is 42.5 Å². The van der Waals surface area contributed by atoms with Crippen molar-refractivity contribution in [2.45, 2.75) is 6.54 Å². The maximum Gasteiger partial charge on any atom is 0.248 e. The highest BCUT2D eigenvalue weighted by Crippen LogP contribution is 2.29. The van der Waals surface area contributed by atoms with Gasteiger partial charge in [-0.15, -0.1) is 0 Å². The highest BCUT2D eigenvalue weighted by molar-refractivity contribution is 6.00. The summed E-state index contributed by atoms with van der Waals surface area (Å²) in [5.41, 5.74) is 10.5. The van der Waals surface area contributed by atoms with Crippen molar-refractivity contribution >= 4 is 27.7 Å². The van der Waals surface area contributed by atoms with Gasteiger partial charge in [0.25, 0.3) is 0 Å². The number of carbonyl (C=O) groups excluding carboxylic acids is 1. The number of aromatic amines is 2. The number of H-pyrrole nitrogens is 2. The summed E-state index contributed by atoms with van der Waals surface area (Å²) < 4.78 is 0. The Morgan fingerprint density at radius 3 is 2.84 bits per heavy atom. The Labute approximate surface area is 144 Å². The maximum atomic E-state index is 11.3. The Bertz CT molecular complexity index is 1080. The predicted molar refractivity (Wildman–Crippen MR) is 97.9 cm³/mol. The number of hydrogen-bond acceptors (Lipinski definition) is 3. The number of nitrogens with zero attached hydrogens (tertiary/aromatic N) is 1. The Hall–Kier alpha value is -3.12. The number of nitrogens with two attached hydrogens (primary N) is 1. The fraction of sp³-hybridized carbons (Fsp3) is 0.105.